The van der Waals surface area contributed by atoms with E-state index in [0.717, 1.165) is 5.69 Å². The van der Waals surface area contributed by atoms with Crippen molar-refractivity contribution in [3.8, 4) is 0 Å². The van der Waals surface area contributed by atoms with Gasteiger partial charge >= 0.3 is 0 Å². The standard InChI is InChI=1S/C14H18N4O/c1-3-17-10-11(15)9-13(17)14(19)18(4-2)12-5-7-16-8-6-12/h5-10H,3-4,15H2,1-2H3. The highest BCUT2D eigenvalue weighted by molar-refractivity contribution is 6.05. The lowest BCUT2D eigenvalue weighted by molar-refractivity contribution is 0.0979. The fraction of sp³-hybridized carbons (Fsp3) is 0.286. The van der Waals surface area contributed by atoms with E-state index in [4.69, 9.17) is 5.73 Å². The second kappa shape index (κ2) is 5.56. The van der Waals surface area contributed by atoms with Crippen molar-refractivity contribution in [3.05, 3.63) is 42.5 Å². The number of aromatic nitrogens is 2. The first-order chi connectivity index (χ1) is 9.17. The number of aryl methyl sites for hydroxylation is 1. The van der Waals surface area contributed by atoms with Gasteiger partial charge in [0.25, 0.3) is 5.91 Å². The van der Waals surface area contributed by atoms with Crippen molar-refractivity contribution in [1.82, 2.24) is 9.55 Å². The summed E-state index contributed by atoms with van der Waals surface area (Å²) in [5.41, 5.74) is 7.83. The Balaban J connectivity index is 2.36. The minimum Gasteiger partial charge on any atom is -0.397 e. The minimum atomic E-state index is -0.0488. The van der Waals surface area contributed by atoms with Crippen LogP contribution >= 0.6 is 0 Å². The van der Waals surface area contributed by atoms with Crippen LogP contribution in [0.3, 0.4) is 0 Å². The molecule has 2 aromatic rings. The maximum Gasteiger partial charge on any atom is 0.274 e. The Morgan fingerprint density at radius 1 is 1.37 bits per heavy atom. The van der Waals surface area contributed by atoms with Gasteiger partial charge in [0.1, 0.15) is 5.69 Å². The van der Waals surface area contributed by atoms with Crippen molar-refractivity contribution < 1.29 is 4.79 Å². The molecule has 2 N–H and O–H groups in total. The zero-order chi connectivity index (χ0) is 13.8. The van der Waals surface area contributed by atoms with Gasteiger partial charge in [0, 0.05) is 37.4 Å². The van der Waals surface area contributed by atoms with Crippen LogP contribution in [0.4, 0.5) is 11.4 Å². The third-order valence-electron chi connectivity index (χ3n) is 3.01. The molecule has 0 bridgehead atoms. The van der Waals surface area contributed by atoms with Crippen LogP contribution in [0.1, 0.15) is 24.3 Å². The van der Waals surface area contributed by atoms with Crippen LogP contribution < -0.4 is 10.6 Å². The van der Waals surface area contributed by atoms with Gasteiger partial charge in [-0.3, -0.25) is 9.78 Å². The van der Waals surface area contributed by atoms with E-state index in [2.05, 4.69) is 4.98 Å². The van der Waals surface area contributed by atoms with E-state index in [9.17, 15) is 4.79 Å². The van der Waals surface area contributed by atoms with E-state index < -0.39 is 0 Å². The molecular weight excluding hydrogens is 240 g/mol. The molecular formula is C14H18N4O. The summed E-state index contributed by atoms with van der Waals surface area (Å²) < 4.78 is 1.86. The molecule has 0 aliphatic carbocycles. The molecule has 0 aromatic carbocycles. The third kappa shape index (κ3) is 2.59. The number of nitrogen functional groups attached to an aromatic ring is 1. The SMILES string of the molecule is CCN(C(=O)c1cc(N)cn1CC)c1ccncc1. The van der Waals surface area contributed by atoms with Gasteiger partial charge in [-0.2, -0.15) is 0 Å². The average molecular weight is 258 g/mol. The van der Waals surface area contributed by atoms with Crippen molar-refractivity contribution in [2.45, 2.75) is 20.4 Å². The van der Waals surface area contributed by atoms with Crippen LogP contribution in [-0.4, -0.2) is 22.0 Å². The summed E-state index contributed by atoms with van der Waals surface area (Å²) in [5, 5.41) is 0. The Bertz CT molecular complexity index is 562. The number of hydrogen-bond acceptors (Lipinski definition) is 3. The summed E-state index contributed by atoms with van der Waals surface area (Å²) in [5.74, 6) is -0.0488. The largest absolute Gasteiger partial charge is 0.397 e. The van der Waals surface area contributed by atoms with Gasteiger partial charge in [0.15, 0.2) is 0 Å². The molecule has 100 valence electrons. The zero-order valence-electron chi connectivity index (χ0n) is 11.2. The Morgan fingerprint density at radius 2 is 2.05 bits per heavy atom. The molecule has 0 fully saturated rings. The van der Waals surface area contributed by atoms with Crippen LogP contribution in [-0.2, 0) is 6.54 Å². The molecule has 0 saturated carbocycles. The summed E-state index contributed by atoms with van der Waals surface area (Å²) in [6, 6.07) is 5.36. The molecule has 19 heavy (non-hydrogen) atoms. The van der Waals surface area contributed by atoms with Gasteiger partial charge in [-0.25, -0.2) is 0 Å². The molecule has 0 radical (unpaired) electrons. The van der Waals surface area contributed by atoms with Gasteiger partial charge in [0.2, 0.25) is 0 Å². The Morgan fingerprint density at radius 3 is 2.63 bits per heavy atom. The lowest BCUT2D eigenvalue weighted by atomic mass is 10.3. The summed E-state index contributed by atoms with van der Waals surface area (Å²) in [6.45, 7) is 5.24. The molecule has 5 heteroatoms. The monoisotopic (exact) mass is 258 g/mol. The molecule has 2 rings (SSSR count). The average Bonchev–Trinajstić information content (AvgIpc) is 2.82. The molecule has 1 amide bonds. The van der Waals surface area contributed by atoms with Crippen LogP contribution in [0.5, 0.6) is 0 Å². The summed E-state index contributed by atoms with van der Waals surface area (Å²) in [6.07, 6.45) is 5.14. The highest BCUT2D eigenvalue weighted by atomic mass is 16.2. The number of carbonyl (C=O) groups is 1. The number of pyridine rings is 1. The molecule has 0 aliphatic heterocycles. The first kappa shape index (κ1) is 13.1. The van der Waals surface area contributed by atoms with E-state index >= 15 is 0 Å². The third-order valence-corrected chi connectivity index (χ3v) is 3.01. The second-order valence-corrected chi connectivity index (χ2v) is 4.20. The van der Waals surface area contributed by atoms with Gasteiger partial charge in [0.05, 0.1) is 5.69 Å². The molecule has 2 aromatic heterocycles. The normalized spacial score (nSPS) is 10.4. The van der Waals surface area contributed by atoms with Gasteiger partial charge in [-0.15, -0.1) is 0 Å². The predicted molar refractivity (Wildman–Crippen MR) is 76.1 cm³/mol. The zero-order valence-corrected chi connectivity index (χ0v) is 11.2. The van der Waals surface area contributed by atoms with Crippen molar-refractivity contribution in [1.29, 1.82) is 0 Å². The Hall–Kier alpha value is -2.30. The van der Waals surface area contributed by atoms with Crippen LogP contribution in [0.15, 0.2) is 36.8 Å². The van der Waals surface area contributed by atoms with E-state index in [1.807, 2.05) is 30.5 Å². The first-order valence-electron chi connectivity index (χ1n) is 6.34. The van der Waals surface area contributed by atoms with Crippen molar-refractivity contribution in [2.24, 2.45) is 0 Å². The van der Waals surface area contributed by atoms with E-state index in [-0.39, 0.29) is 5.91 Å². The molecule has 0 atom stereocenters. The molecule has 0 saturated heterocycles. The molecule has 5 nitrogen and oxygen atoms in total. The van der Waals surface area contributed by atoms with Crippen LogP contribution in [0.2, 0.25) is 0 Å². The molecule has 0 aliphatic rings. The minimum absolute atomic E-state index is 0.0488. The maximum absolute atomic E-state index is 12.6. The highest BCUT2D eigenvalue weighted by Gasteiger charge is 2.19. The van der Waals surface area contributed by atoms with Gasteiger partial charge in [-0.05, 0) is 32.0 Å². The topological polar surface area (TPSA) is 64.2 Å². The fourth-order valence-corrected chi connectivity index (χ4v) is 2.08. The number of anilines is 2. The highest BCUT2D eigenvalue weighted by Crippen LogP contribution is 2.18. The lowest BCUT2D eigenvalue weighted by Gasteiger charge is -2.21. The fourth-order valence-electron chi connectivity index (χ4n) is 2.08. The first-order valence-corrected chi connectivity index (χ1v) is 6.34. The number of nitrogens with two attached hydrogens (primary N) is 1. The summed E-state index contributed by atoms with van der Waals surface area (Å²) >= 11 is 0. The van der Waals surface area contributed by atoms with Crippen molar-refractivity contribution in [3.63, 3.8) is 0 Å². The van der Waals surface area contributed by atoms with Crippen molar-refractivity contribution >= 4 is 17.3 Å². The van der Waals surface area contributed by atoms with Gasteiger partial charge < -0.3 is 15.2 Å². The number of hydrogen-bond donors (Lipinski definition) is 1. The number of nitrogens with zero attached hydrogens (tertiary/aromatic N) is 3. The predicted octanol–water partition coefficient (Wildman–Crippen LogP) is 2.15. The molecule has 0 unspecified atom stereocenters. The maximum atomic E-state index is 12.6. The van der Waals surface area contributed by atoms with E-state index in [1.54, 1.807) is 29.6 Å². The van der Waals surface area contributed by atoms with Crippen LogP contribution in [0, 0.1) is 0 Å². The number of carbonyl (C=O) groups excluding carboxylic acids is 1. The molecule has 2 heterocycles. The van der Waals surface area contributed by atoms with E-state index in [0.29, 0.717) is 24.5 Å². The smallest absolute Gasteiger partial charge is 0.274 e. The lowest BCUT2D eigenvalue weighted by Crippen LogP contribution is -2.32. The summed E-state index contributed by atoms with van der Waals surface area (Å²) in [7, 11) is 0. The second-order valence-electron chi connectivity index (χ2n) is 4.20. The number of amides is 1. The van der Waals surface area contributed by atoms with Crippen LogP contribution in [0.25, 0.3) is 0 Å². The van der Waals surface area contributed by atoms with Gasteiger partial charge in [-0.1, -0.05) is 0 Å². The Labute approximate surface area is 112 Å². The number of rotatable bonds is 4. The molecule has 0 spiro atoms. The Kier molecular flexibility index (Phi) is 3.85. The quantitative estimate of drug-likeness (QED) is 0.914. The van der Waals surface area contributed by atoms with Crippen molar-refractivity contribution in [2.75, 3.05) is 17.2 Å². The van der Waals surface area contributed by atoms with E-state index in [1.165, 1.54) is 0 Å². The summed E-state index contributed by atoms with van der Waals surface area (Å²) in [4.78, 5) is 18.3.